The summed E-state index contributed by atoms with van der Waals surface area (Å²) in [7, 11) is 0. The minimum atomic E-state index is -0.257. The molecule has 1 aromatic rings. The molecule has 2 rings (SSSR count). The van der Waals surface area contributed by atoms with Crippen LogP contribution in [-0.2, 0) is 0 Å². The molecule has 1 aromatic carbocycles. The zero-order valence-electron chi connectivity index (χ0n) is 11.2. The molecule has 0 aliphatic heterocycles. The first kappa shape index (κ1) is 14.5. The molecule has 0 N–H and O–H groups in total. The van der Waals surface area contributed by atoms with E-state index in [1.54, 1.807) is 19.1 Å². The summed E-state index contributed by atoms with van der Waals surface area (Å²) in [5, 5.41) is 0.895. The first-order chi connectivity index (χ1) is 9.13. The van der Waals surface area contributed by atoms with Crippen LogP contribution < -0.4 is 0 Å². The van der Waals surface area contributed by atoms with E-state index in [-0.39, 0.29) is 11.7 Å². The Labute approximate surface area is 122 Å². The molecule has 2 nitrogen and oxygen atoms in total. The molecule has 0 spiro atoms. The van der Waals surface area contributed by atoms with Crippen LogP contribution >= 0.6 is 15.9 Å². The van der Waals surface area contributed by atoms with Crippen molar-refractivity contribution in [2.24, 2.45) is 0 Å². The van der Waals surface area contributed by atoms with Crippen LogP contribution in [-0.4, -0.2) is 28.7 Å². The first-order valence-corrected chi connectivity index (χ1v) is 7.88. The summed E-state index contributed by atoms with van der Waals surface area (Å²) in [6.07, 6.45) is 4.33. The lowest BCUT2D eigenvalue weighted by Crippen LogP contribution is -2.44. The summed E-state index contributed by atoms with van der Waals surface area (Å²) in [4.78, 5) is 14.5. The summed E-state index contributed by atoms with van der Waals surface area (Å²) in [6.45, 7) is 2.46. The number of halogens is 2. The zero-order valence-corrected chi connectivity index (χ0v) is 12.7. The average Bonchev–Trinajstić information content (AvgIpc) is 2.34. The highest BCUT2D eigenvalue weighted by molar-refractivity contribution is 9.09. The lowest BCUT2D eigenvalue weighted by molar-refractivity contribution is 0.0581. The third-order valence-corrected chi connectivity index (χ3v) is 4.27. The van der Waals surface area contributed by atoms with E-state index in [0.29, 0.717) is 17.2 Å². The van der Waals surface area contributed by atoms with Gasteiger partial charge in [-0.15, -0.1) is 0 Å². The molecule has 1 aliphatic carbocycles. The average molecular weight is 328 g/mol. The van der Waals surface area contributed by atoms with E-state index in [4.69, 9.17) is 0 Å². The predicted molar refractivity (Wildman–Crippen MR) is 78.2 cm³/mol. The minimum Gasteiger partial charge on any atom is -0.336 e. The fraction of sp³-hybridized carbons (Fsp3) is 0.533. The number of alkyl halides is 1. The second-order valence-corrected chi connectivity index (χ2v) is 5.88. The number of carbonyl (C=O) groups is 1. The van der Waals surface area contributed by atoms with E-state index in [1.165, 1.54) is 12.5 Å². The van der Waals surface area contributed by atoms with Crippen LogP contribution in [0.15, 0.2) is 18.2 Å². The zero-order chi connectivity index (χ0) is 13.8. The quantitative estimate of drug-likeness (QED) is 0.751. The summed E-state index contributed by atoms with van der Waals surface area (Å²) in [5.74, 6) is -0.221. The summed E-state index contributed by atoms with van der Waals surface area (Å²) >= 11 is 3.41. The van der Waals surface area contributed by atoms with Crippen LogP contribution in [0.2, 0.25) is 0 Å². The van der Waals surface area contributed by atoms with Gasteiger partial charge in [-0.05, 0) is 56.4 Å². The smallest absolute Gasteiger partial charge is 0.254 e. The fourth-order valence-corrected chi connectivity index (χ4v) is 2.57. The number of carbonyl (C=O) groups excluding carboxylic acids is 1. The van der Waals surface area contributed by atoms with Crippen LogP contribution in [0.25, 0.3) is 0 Å². The molecule has 0 aromatic heterocycles. The topological polar surface area (TPSA) is 20.3 Å². The molecular weight excluding hydrogens is 309 g/mol. The Morgan fingerprint density at radius 3 is 2.74 bits per heavy atom. The maximum Gasteiger partial charge on any atom is 0.254 e. The number of aryl methyl sites for hydroxylation is 1. The third-order valence-electron chi connectivity index (χ3n) is 3.71. The molecule has 1 fully saturated rings. The Morgan fingerprint density at radius 1 is 1.47 bits per heavy atom. The van der Waals surface area contributed by atoms with Crippen molar-refractivity contribution in [1.82, 2.24) is 4.90 Å². The van der Waals surface area contributed by atoms with E-state index in [0.717, 1.165) is 31.1 Å². The molecule has 1 aliphatic rings. The SMILES string of the molecule is Cc1cc(C(=O)N(CCCBr)C2CCC2)ccc1F. The van der Waals surface area contributed by atoms with Gasteiger partial charge in [0, 0.05) is 23.5 Å². The van der Waals surface area contributed by atoms with Gasteiger partial charge in [0.15, 0.2) is 0 Å². The van der Waals surface area contributed by atoms with E-state index in [2.05, 4.69) is 15.9 Å². The van der Waals surface area contributed by atoms with E-state index < -0.39 is 0 Å². The Balaban J connectivity index is 2.15. The second-order valence-electron chi connectivity index (χ2n) is 5.09. The van der Waals surface area contributed by atoms with Crippen molar-refractivity contribution in [3.63, 3.8) is 0 Å². The van der Waals surface area contributed by atoms with Gasteiger partial charge in [0.1, 0.15) is 5.82 Å². The second kappa shape index (κ2) is 6.51. The maximum atomic E-state index is 13.3. The van der Waals surface area contributed by atoms with Crippen molar-refractivity contribution in [1.29, 1.82) is 0 Å². The van der Waals surface area contributed by atoms with Crippen molar-refractivity contribution >= 4 is 21.8 Å². The standard InChI is InChI=1S/C15H19BrFNO/c1-11-10-12(6-7-14(11)17)15(19)18(9-3-8-16)13-4-2-5-13/h6-7,10,13H,2-5,8-9H2,1H3. The third kappa shape index (κ3) is 3.35. The van der Waals surface area contributed by atoms with Crippen LogP contribution in [0, 0.1) is 12.7 Å². The van der Waals surface area contributed by atoms with Crippen LogP contribution in [0.5, 0.6) is 0 Å². The molecule has 1 saturated carbocycles. The van der Waals surface area contributed by atoms with Crippen LogP contribution in [0.3, 0.4) is 0 Å². The normalized spacial score (nSPS) is 15.1. The largest absolute Gasteiger partial charge is 0.336 e. The summed E-state index contributed by atoms with van der Waals surface area (Å²) in [6, 6.07) is 4.99. The van der Waals surface area contributed by atoms with Gasteiger partial charge in [-0.25, -0.2) is 4.39 Å². The molecule has 0 unspecified atom stereocenters. The first-order valence-electron chi connectivity index (χ1n) is 6.76. The monoisotopic (exact) mass is 327 g/mol. The molecule has 104 valence electrons. The maximum absolute atomic E-state index is 13.3. The lowest BCUT2D eigenvalue weighted by Gasteiger charge is -2.37. The lowest BCUT2D eigenvalue weighted by atomic mass is 9.90. The Morgan fingerprint density at radius 2 is 2.21 bits per heavy atom. The number of amides is 1. The Hall–Kier alpha value is -0.900. The highest BCUT2D eigenvalue weighted by Crippen LogP contribution is 2.26. The molecule has 0 bridgehead atoms. The van der Waals surface area contributed by atoms with Gasteiger partial charge in [-0.1, -0.05) is 15.9 Å². The molecule has 4 heteroatoms. The molecule has 1 amide bonds. The minimum absolute atomic E-state index is 0.0359. The number of nitrogens with zero attached hydrogens (tertiary/aromatic N) is 1. The number of rotatable bonds is 5. The molecule has 19 heavy (non-hydrogen) atoms. The van der Waals surface area contributed by atoms with E-state index in [1.807, 2.05) is 4.90 Å². The summed E-state index contributed by atoms with van der Waals surface area (Å²) in [5.41, 5.74) is 1.13. The van der Waals surface area contributed by atoms with Gasteiger partial charge in [-0.3, -0.25) is 4.79 Å². The van der Waals surface area contributed by atoms with Gasteiger partial charge >= 0.3 is 0 Å². The van der Waals surface area contributed by atoms with Crippen molar-refractivity contribution in [2.45, 2.75) is 38.6 Å². The Kier molecular flexibility index (Phi) is 4.97. The van der Waals surface area contributed by atoms with E-state index in [9.17, 15) is 9.18 Å². The van der Waals surface area contributed by atoms with Crippen LogP contribution in [0.4, 0.5) is 4.39 Å². The number of benzene rings is 1. The number of hydrogen-bond donors (Lipinski definition) is 0. The number of hydrogen-bond acceptors (Lipinski definition) is 1. The van der Waals surface area contributed by atoms with Crippen molar-refractivity contribution < 1.29 is 9.18 Å². The molecule has 0 radical (unpaired) electrons. The fourth-order valence-electron chi connectivity index (χ4n) is 2.32. The predicted octanol–water partition coefficient (Wildman–Crippen LogP) is 3.91. The van der Waals surface area contributed by atoms with Crippen molar-refractivity contribution in [2.75, 3.05) is 11.9 Å². The van der Waals surface area contributed by atoms with Crippen LogP contribution in [0.1, 0.15) is 41.6 Å². The van der Waals surface area contributed by atoms with Gasteiger partial charge in [0.25, 0.3) is 5.91 Å². The highest BCUT2D eigenvalue weighted by Gasteiger charge is 2.29. The molecular formula is C15H19BrFNO. The molecule has 0 heterocycles. The van der Waals surface area contributed by atoms with Crippen molar-refractivity contribution in [3.8, 4) is 0 Å². The van der Waals surface area contributed by atoms with Gasteiger partial charge in [0.2, 0.25) is 0 Å². The molecule has 0 atom stereocenters. The van der Waals surface area contributed by atoms with E-state index >= 15 is 0 Å². The summed E-state index contributed by atoms with van der Waals surface area (Å²) < 4.78 is 13.3. The van der Waals surface area contributed by atoms with Gasteiger partial charge in [-0.2, -0.15) is 0 Å². The highest BCUT2D eigenvalue weighted by atomic mass is 79.9. The Bertz CT molecular complexity index is 459. The van der Waals surface area contributed by atoms with Gasteiger partial charge in [0.05, 0.1) is 0 Å². The van der Waals surface area contributed by atoms with Gasteiger partial charge < -0.3 is 4.90 Å². The van der Waals surface area contributed by atoms with Crippen molar-refractivity contribution in [3.05, 3.63) is 35.1 Å². The molecule has 0 saturated heterocycles.